The molecule has 4 fully saturated rings. The molecule has 3 nitrogen and oxygen atoms in total. The maximum Gasteiger partial charge on any atom is 0.313 e. The molecule has 4 rings (SSSR count). The molecule has 4 bridgehead atoms. The molecule has 4 saturated carbocycles. The van der Waals surface area contributed by atoms with Gasteiger partial charge in [-0.25, -0.2) is 0 Å². The highest BCUT2D eigenvalue weighted by atomic mass is 16.7. The fourth-order valence-electron chi connectivity index (χ4n) is 5.29. The number of hydrogen-bond acceptors (Lipinski definition) is 3. The maximum absolute atomic E-state index is 12.5. The highest BCUT2D eigenvalue weighted by Crippen LogP contribution is 2.61. The van der Waals surface area contributed by atoms with Crippen molar-refractivity contribution < 1.29 is 14.3 Å². The Morgan fingerprint density at radius 2 is 1.62 bits per heavy atom. The zero-order valence-corrected chi connectivity index (χ0v) is 14.0. The van der Waals surface area contributed by atoms with Gasteiger partial charge in [-0.2, -0.15) is 0 Å². The SMILES string of the molecule is CCC(C)(C)C(=O)OC(OC)C12CC3CC(CC(C3)C1)C2. The van der Waals surface area contributed by atoms with Crippen molar-refractivity contribution in [2.75, 3.05) is 7.11 Å². The second-order valence-electron chi connectivity index (χ2n) is 8.49. The van der Waals surface area contributed by atoms with Crippen LogP contribution in [0.25, 0.3) is 0 Å². The van der Waals surface area contributed by atoms with E-state index in [1.165, 1.54) is 38.5 Å². The van der Waals surface area contributed by atoms with E-state index in [0.717, 1.165) is 24.2 Å². The van der Waals surface area contributed by atoms with Crippen LogP contribution in [0.3, 0.4) is 0 Å². The summed E-state index contributed by atoms with van der Waals surface area (Å²) in [5.41, 5.74) is -0.317. The topological polar surface area (TPSA) is 35.5 Å². The third-order valence-corrected chi connectivity index (χ3v) is 6.45. The van der Waals surface area contributed by atoms with E-state index in [-0.39, 0.29) is 17.7 Å². The van der Waals surface area contributed by atoms with Gasteiger partial charge in [0.05, 0.1) is 5.41 Å². The van der Waals surface area contributed by atoms with Crippen molar-refractivity contribution in [1.82, 2.24) is 0 Å². The molecule has 4 aliphatic rings. The minimum absolute atomic E-state index is 0.100. The first-order valence-electron chi connectivity index (χ1n) is 8.62. The first-order chi connectivity index (χ1) is 9.88. The molecule has 120 valence electrons. The molecular formula is C18H30O3. The van der Waals surface area contributed by atoms with Crippen molar-refractivity contribution in [2.24, 2.45) is 28.6 Å². The Labute approximate surface area is 128 Å². The average molecular weight is 294 g/mol. The zero-order chi connectivity index (χ0) is 15.3. The molecule has 0 heterocycles. The molecule has 0 spiro atoms. The Balaban J connectivity index is 1.76. The Bertz CT molecular complexity index is 377. The van der Waals surface area contributed by atoms with Crippen LogP contribution in [-0.4, -0.2) is 19.4 Å². The smallest absolute Gasteiger partial charge is 0.313 e. The van der Waals surface area contributed by atoms with Crippen molar-refractivity contribution >= 4 is 5.97 Å². The molecule has 0 saturated heterocycles. The number of methoxy groups -OCH3 is 1. The van der Waals surface area contributed by atoms with E-state index in [4.69, 9.17) is 9.47 Å². The lowest BCUT2D eigenvalue weighted by atomic mass is 9.49. The predicted molar refractivity (Wildman–Crippen MR) is 81.6 cm³/mol. The van der Waals surface area contributed by atoms with Gasteiger partial charge >= 0.3 is 5.97 Å². The Morgan fingerprint density at radius 1 is 1.14 bits per heavy atom. The van der Waals surface area contributed by atoms with Gasteiger partial charge in [0.15, 0.2) is 0 Å². The minimum Gasteiger partial charge on any atom is -0.435 e. The van der Waals surface area contributed by atoms with E-state index < -0.39 is 5.41 Å². The van der Waals surface area contributed by atoms with E-state index in [9.17, 15) is 4.79 Å². The summed E-state index contributed by atoms with van der Waals surface area (Å²) in [5, 5.41) is 0. The number of rotatable bonds is 5. The highest BCUT2D eigenvalue weighted by Gasteiger charge is 2.56. The highest BCUT2D eigenvalue weighted by molar-refractivity contribution is 5.75. The summed E-state index contributed by atoms with van der Waals surface area (Å²) in [6.07, 6.45) is 8.21. The summed E-state index contributed by atoms with van der Waals surface area (Å²) in [6, 6.07) is 0. The third-order valence-electron chi connectivity index (χ3n) is 6.45. The predicted octanol–water partition coefficient (Wildman–Crippen LogP) is 4.15. The first kappa shape index (κ1) is 15.3. The number of carbonyl (C=O) groups excluding carboxylic acids is 1. The van der Waals surface area contributed by atoms with Crippen molar-refractivity contribution in [1.29, 1.82) is 0 Å². The van der Waals surface area contributed by atoms with Gasteiger partial charge in [0.25, 0.3) is 0 Å². The van der Waals surface area contributed by atoms with Gasteiger partial charge in [-0.1, -0.05) is 6.92 Å². The molecule has 0 N–H and O–H groups in total. The van der Waals surface area contributed by atoms with E-state index in [0.29, 0.717) is 0 Å². The zero-order valence-electron chi connectivity index (χ0n) is 14.0. The molecule has 0 aromatic heterocycles. The number of hydrogen-bond donors (Lipinski definition) is 0. The second kappa shape index (κ2) is 5.26. The van der Waals surface area contributed by atoms with Gasteiger partial charge in [0.1, 0.15) is 0 Å². The molecule has 0 radical (unpaired) electrons. The van der Waals surface area contributed by atoms with Crippen LogP contribution < -0.4 is 0 Å². The molecule has 4 aliphatic carbocycles. The largest absolute Gasteiger partial charge is 0.435 e. The van der Waals surface area contributed by atoms with Gasteiger partial charge in [-0.05, 0) is 76.5 Å². The average Bonchev–Trinajstić information content (AvgIpc) is 2.42. The van der Waals surface area contributed by atoms with Crippen LogP contribution in [0.1, 0.15) is 65.7 Å². The Hall–Kier alpha value is -0.570. The third kappa shape index (κ3) is 2.62. The molecular weight excluding hydrogens is 264 g/mol. The van der Waals surface area contributed by atoms with Gasteiger partial charge in [0.2, 0.25) is 6.29 Å². The van der Waals surface area contributed by atoms with E-state index >= 15 is 0 Å². The van der Waals surface area contributed by atoms with Gasteiger partial charge in [-0.15, -0.1) is 0 Å². The van der Waals surface area contributed by atoms with Crippen LogP contribution in [0.2, 0.25) is 0 Å². The summed E-state index contributed by atoms with van der Waals surface area (Å²) in [6.45, 7) is 5.96. The van der Waals surface area contributed by atoms with Crippen molar-refractivity contribution in [3.05, 3.63) is 0 Å². The van der Waals surface area contributed by atoms with Crippen molar-refractivity contribution in [3.8, 4) is 0 Å². The Kier molecular flexibility index (Phi) is 3.84. The van der Waals surface area contributed by atoms with E-state index in [2.05, 4.69) is 0 Å². The first-order valence-corrected chi connectivity index (χ1v) is 8.62. The lowest BCUT2D eigenvalue weighted by molar-refractivity contribution is -0.241. The summed E-state index contributed by atoms with van der Waals surface area (Å²) in [4.78, 5) is 12.5. The van der Waals surface area contributed by atoms with Gasteiger partial charge in [-0.3, -0.25) is 4.79 Å². The standard InChI is InChI=1S/C18H30O3/c1-5-17(2,3)15(19)21-16(20-4)18-9-12-6-13(10-18)8-14(7-12)11-18/h12-14,16H,5-11H2,1-4H3. The van der Waals surface area contributed by atoms with Crippen LogP contribution in [0.15, 0.2) is 0 Å². The summed E-state index contributed by atoms with van der Waals surface area (Å²) < 4.78 is 11.6. The maximum atomic E-state index is 12.5. The van der Waals surface area contributed by atoms with Crippen LogP contribution in [0, 0.1) is 28.6 Å². The van der Waals surface area contributed by atoms with Crippen LogP contribution in [-0.2, 0) is 14.3 Å². The molecule has 3 heteroatoms. The van der Waals surface area contributed by atoms with Crippen LogP contribution in [0.5, 0.6) is 0 Å². The molecule has 21 heavy (non-hydrogen) atoms. The lowest BCUT2D eigenvalue weighted by Gasteiger charge is -2.58. The summed E-state index contributed by atoms with van der Waals surface area (Å²) in [7, 11) is 1.70. The molecule has 0 aromatic rings. The molecule has 1 atom stereocenters. The van der Waals surface area contributed by atoms with Crippen LogP contribution >= 0.6 is 0 Å². The Morgan fingerprint density at radius 3 is 2.00 bits per heavy atom. The van der Waals surface area contributed by atoms with E-state index in [1.807, 2.05) is 20.8 Å². The lowest BCUT2D eigenvalue weighted by Crippen LogP contribution is -2.54. The number of ether oxygens (including phenoxy) is 2. The fourth-order valence-corrected chi connectivity index (χ4v) is 5.29. The van der Waals surface area contributed by atoms with Crippen molar-refractivity contribution in [2.45, 2.75) is 72.0 Å². The summed E-state index contributed by atoms with van der Waals surface area (Å²) in [5.74, 6) is 2.41. The molecule has 0 amide bonds. The quantitative estimate of drug-likeness (QED) is 0.564. The van der Waals surface area contributed by atoms with Crippen LogP contribution in [0.4, 0.5) is 0 Å². The minimum atomic E-state index is -0.418. The van der Waals surface area contributed by atoms with Crippen molar-refractivity contribution in [3.63, 3.8) is 0 Å². The summed E-state index contributed by atoms with van der Waals surface area (Å²) >= 11 is 0. The normalized spacial score (nSPS) is 39.3. The van der Waals surface area contributed by atoms with E-state index in [1.54, 1.807) is 7.11 Å². The molecule has 0 aliphatic heterocycles. The fraction of sp³-hybridized carbons (Fsp3) is 0.944. The number of carbonyl (C=O) groups is 1. The van der Waals surface area contributed by atoms with Gasteiger partial charge in [0, 0.05) is 12.5 Å². The van der Waals surface area contributed by atoms with Gasteiger partial charge < -0.3 is 9.47 Å². The number of esters is 1. The molecule has 0 aromatic carbocycles. The monoisotopic (exact) mass is 294 g/mol. The molecule has 1 unspecified atom stereocenters. The second-order valence-corrected chi connectivity index (χ2v) is 8.49.